The molecule has 112 valence electrons. The van der Waals surface area contributed by atoms with E-state index in [1.54, 1.807) is 0 Å². The minimum atomic E-state index is -0.674. The molecule has 0 bridgehead atoms. The van der Waals surface area contributed by atoms with Crippen LogP contribution in [0.25, 0.3) is 0 Å². The van der Waals surface area contributed by atoms with E-state index in [4.69, 9.17) is 5.73 Å². The molecular weight excluding hydrogens is 240 g/mol. The second-order valence-electron chi connectivity index (χ2n) is 6.16. The topological polar surface area (TPSA) is 75.3 Å². The average Bonchev–Trinajstić information content (AvgIpc) is 2.36. The molecule has 0 aromatic heterocycles. The fourth-order valence-corrected chi connectivity index (χ4v) is 2.93. The van der Waals surface area contributed by atoms with E-state index in [0.29, 0.717) is 18.9 Å². The lowest BCUT2D eigenvalue weighted by atomic mass is 9.79. The molecule has 2 atom stereocenters. The van der Waals surface area contributed by atoms with Gasteiger partial charge in [0.25, 0.3) is 0 Å². The molecular formula is C15H30N2O2. The molecule has 0 heterocycles. The molecule has 4 heteroatoms. The van der Waals surface area contributed by atoms with Crippen molar-refractivity contribution >= 4 is 5.91 Å². The maximum Gasteiger partial charge on any atom is 0.220 e. The second kappa shape index (κ2) is 8.54. The van der Waals surface area contributed by atoms with Gasteiger partial charge in [0, 0.05) is 13.0 Å². The summed E-state index contributed by atoms with van der Waals surface area (Å²) in [6.45, 7) is 3.32. The van der Waals surface area contributed by atoms with E-state index >= 15 is 0 Å². The fourth-order valence-electron chi connectivity index (χ4n) is 2.93. The van der Waals surface area contributed by atoms with E-state index in [2.05, 4.69) is 12.2 Å². The van der Waals surface area contributed by atoms with Crippen molar-refractivity contribution in [2.24, 2.45) is 11.7 Å². The molecule has 0 spiro atoms. The van der Waals surface area contributed by atoms with E-state index in [9.17, 15) is 9.90 Å². The highest BCUT2D eigenvalue weighted by Crippen LogP contribution is 2.31. The summed E-state index contributed by atoms with van der Waals surface area (Å²) < 4.78 is 0. The molecule has 1 saturated carbocycles. The third kappa shape index (κ3) is 6.92. The van der Waals surface area contributed by atoms with Crippen LogP contribution >= 0.6 is 0 Å². The fraction of sp³-hybridized carbons (Fsp3) is 0.933. The highest BCUT2D eigenvalue weighted by molar-refractivity contribution is 5.75. The molecule has 4 nitrogen and oxygen atoms in total. The van der Waals surface area contributed by atoms with E-state index in [1.165, 1.54) is 6.42 Å². The van der Waals surface area contributed by atoms with Crippen molar-refractivity contribution in [3.05, 3.63) is 0 Å². The van der Waals surface area contributed by atoms with Gasteiger partial charge in [-0.1, -0.05) is 32.6 Å². The van der Waals surface area contributed by atoms with Gasteiger partial charge >= 0.3 is 0 Å². The Labute approximate surface area is 117 Å². The summed E-state index contributed by atoms with van der Waals surface area (Å²) in [6.07, 6.45) is 8.56. The first-order valence-electron chi connectivity index (χ1n) is 7.75. The summed E-state index contributed by atoms with van der Waals surface area (Å²) in [5.74, 6) is 0.631. The molecule has 1 amide bonds. The van der Waals surface area contributed by atoms with Crippen LogP contribution < -0.4 is 11.1 Å². The van der Waals surface area contributed by atoms with Crippen molar-refractivity contribution in [2.45, 2.75) is 70.3 Å². The molecule has 0 radical (unpaired) electrons. The summed E-state index contributed by atoms with van der Waals surface area (Å²) in [5, 5.41) is 13.3. The SMILES string of the molecule is CC1CCCC(O)(CNC(=O)CCCCCCN)C1. The zero-order chi connectivity index (χ0) is 14.1. The molecule has 0 aliphatic heterocycles. The van der Waals surface area contributed by atoms with Crippen LogP contribution in [-0.4, -0.2) is 29.7 Å². The highest BCUT2D eigenvalue weighted by atomic mass is 16.3. The molecule has 1 fully saturated rings. The number of hydrogen-bond acceptors (Lipinski definition) is 3. The first kappa shape index (κ1) is 16.4. The standard InChI is InChI=1S/C15H30N2O2/c1-13-7-6-9-15(19,11-13)12-17-14(18)8-4-2-3-5-10-16/h13,19H,2-12,16H2,1H3,(H,17,18). The predicted octanol–water partition coefficient (Wildman–Crippen LogP) is 1.95. The minimum absolute atomic E-state index is 0.0689. The number of unbranched alkanes of at least 4 members (excludes halogenated alkanes) is 3. The lowest BCUT2D eigenvalue weighted by molar-refractivity contribution is -0.123. The van der Waals surface area contributed by atoms with Crippen LogP contribution in [-0.2, 0) is 4.79 Å². The molecule has 0 aromatic carbocycles. The van der Waals surface area contributed by atoms with Crippen LogP contribution in [0.15, 0.2) is 0 Å². The Kier molecular flexibility index (Phi) is 7.39. The number of carbonyl (C=O) groups excluding carboxylic acids is 1. The maximum absolute atomic E-state index is 11.7. The third-order valence-electron chi connectivity index (χ3n) is 4.04. The molecule has 1 rings (SSSR count). The number of hydrogen-bond donors (Lipinski definition) is 3. The summed E-state index contributed by atoms with van der Waals surface area (Å²) in [5.41, 5.74) is 4.75. The van der Waals surface area contributed by atoms with E-state index < -0.39 is 5.60 Å². The summed E-state index contributed by atoms with van der Waals surface area (Å²) in [7, 11) is 0. The number of nitrogens with two attached hydrogens (primary N) is 1. The summed E-state index contributed by atoms with van der Waals surface area (Å²) >= 11 is 0. The lowest BCUT2D eigenvalue weighted by Gasteiger charge is -2.35. The van der Waals surface area contributed by atoms with Crippen LogP contribution in [0.4, 0.5) is 0 Å². The third-order valence-corrected chi connectivity index (χ3v) is 4.04. The van der Waals surface area contributed by atoms with Gasteiger partial charge in [0.15, 0.2) is 0 Å². The number of amides is 1. The summed E-state index contributed by atoms with van der Waals surface area (Å²) in [6, 6.07) is 0. The van der Waals surface area contributed by atoms with Crippen molar-refractivity contribution in [2.75, 3.05) is 13.1 Å². The van der Waals surface area contributed by atoms with E-state index in [1.807, 2.05) is 0 Å². The van der Waals surface area contributed by atoms with Gasteiger partial charge in [-0.25, -0.2) is 0 Å². The van der Waals surface area contributed by atoms with Crippen LogP contribution in [0.5, 0.6) is 0 Å². The molecule has 2 unspecified atom stereocenters. The Balaban J connectivity index is 2.11. The highest BCUT2D eigenvalue weighted by Gasteiger charge is 2.32. The predicted molar refractivity (Wildman–Crippen MR) is 77.7 cm³/mol. The van der Waals surface area contributed by atoms with Crippen molar-refractivity contribution in [3.8, 4) is 0 Å². The van der Waals surface area contributed by atoms with Crippen LogP contribution in [0, 0.1) is 5.92 Å². The van der Waals surface area contributed by atoms with E-state index in [0.717, 1.165) is 51.5 Å². The molecule has 19 heavy (non-hydrogen) atoms. The van der Waals surface area contributed by atoms with Crippen molar-refractivity contribution in [1.29, 1.82) is 0 Å². The molecule has 0 saturated heterocycles. The van der Waals surface area contributed by atoms with Gasteiger partial charge in [-0.15, -0.1) is 0 Å². The monoisotopic (exact) mass is 270 g/mol. The first-order valence-corrected chi connectivity index (χ1v) is 7.75. The number of nitrogens with one attached hydrogen (secondary N) is 1. The van der Waals surface area contributed by atoms with Crippen molar-refractivity contribution in [1.82, 2.24) is 5.32 Å². The zero-order valence-corrected chi connectivity index (χ0v) is 12.3. The smallest absolute Gasteiger partial charge is 0.220 e. The van der Waals surface area contributed by atoms with Gasteiger partial charge in [-0.05, 0) is 38.1 Å². The average molecular weight is 270 g/mol. The summed E-state index contributed by atoms with van der Waals surface area (Å²) in [4.78, 5) is 11.7. The Morgan fingerprint density at radius 3 is 2.79 bits per heavy atom. The quantitative estimate of drug-likeness (QED) is 0.590. The van der Waals surface area contributed by atoms with Gasteiger partial charge in [0.2, 0.25) is 5.91 Å². The van der Waals surface area contributed by atoms with Crippen molar-refractivity contribution in [3.63, 3.8) is 0 Å². The van der Waals surface area contributed by atoms with Gasteiger partial charge in [0.1, 0.15) is 0 Å². The normalized spacial score (nSPS) is 27.2. The molecule has 1 aliphatic carbocycles. The second-order valence-corrected chi connectivity index (χ2v) is 6.16. The molecule has 4 N–H and O–H groups in total. The Hall–Kier alpha value is -0.610. The van der Waals surface area contributed by atoms with Crippen LogP contribution in [0.1, 0.15) is 64.7 Å². The van der Waals surface area contributed by atoms with E-state index in [-0.39, 0.29) is 5.91 Å². The van der Waals surface area contributed by atoms with Crippen LogP contribution in [0.2, 0.25) is 0 Å². The van der Waals surface area contributed by atoms with Gasteiger partial charge in [-0.2, -0.15) is 0 Å². The Morgan fingerprint density at radius 2 is 2.11 bits per heavy atom. The van der Waals surface area contributed by atoms with Gasteiger partial charge in [0.05, 0.1) is 5.60 Å². The van der Waals surface area contributed by atoms with Crippen molar-refractivity contribution < 1.29 is 9.90 Å². The number of aliphatic hydroxyl groups is 1. The first-order chi connectivity index (χ1) is 9.06. The lowest BCUT2D eigenvalue weighted by Crippen LogP contribution is -2.45. The number of rotatable bonds is 8. The Bertz CT molecular complexity index is 271. The Morgan fingerprint density at radius 1 is 1.37 bits per heavy atom. The molecule has 1 aliphatic rings. The minimum Gasteiger partial charge on any atom is -0.388 e. The van der Waals surface area contributed by atoms with Crippen LogP contribution in [0.3, 0.4) is 0 Å². The van der Waals surface area contributed by atoms with Gasteiger partial charge < -0.3 is 16.2 Å². The number of carbonyl (C=O) groups is 1. The van der Waals surface area contributed by atoms with Gasteiger partial charge in [-0.3, -0.25) is 4.79 Å². The maximum atomic E-state index is 11.7. The zero-order valence-electron chi connectivity index (χ0n) is 12.3. The largest absolute Gasteiger partial charge is 0.388 e. The molecule has 0 aromatic rings.